The molecule has 8 heteroatoms. The third-order valence-corrected chi connectivity index (χ3v) is 5.16. The Labute approximate surface area is 152 Å². The fraction of sp³-hybridized carbons (Fsp3) is 0.611. The second kappa shape index (κ2) is 7.57. The predicted octanol–water partition coefficient (Wildman–Crippen LogP) is 0.456. The lowest BCUT2D eigenvalue weighted by Gasteiger charge is -2.35. The van der Waals surface area contributed by atoms with E-state index in [0.29, 0.717) is 19.6 Å². The van der Waals surface area contributed by atoms with Gasteiger partial charge in [-0.3, -0.25) is 9.59 Å². The van der Waals surface area contributed by atoms with E-state index in [1.165, 1.54) is 0 Å². The molecular weight excluding hydrogens is 337 g/mol. The summed E-state index contributed by atoms with van der Waals surface area (Å²) in [5, 5.41) is 5.84. The van der Waals surface area contributed by atoms with E-state index in [-0.39, 0.29) is 24.8 Å². The summed E-state index contributed by atoms with van der Waals surface area (Å²) in [7, 11) is 0. The summed E-state index contributed by atoms with van der Waals surface area (Å²) < 4.78 is 13.4. The quantitative estimate of drug-likeness (QED) is 0.813. The molecule has 0 aliphatic carbocycles. The van der Waals surface area contributed by atoms with Crippen LogP contribution >= 0.6 is 0 Å². The first-order chi connectivity index (χ1) is 12.4. The van der Waals surface area contributed by atoms with Gasteiger partial charge in [-0.2, -0.15) is 0 Å². The number of nitrogens with zero attached hydrogens (tertiary/aromatic N) is 3. The van der Waals surface area contributed by atoms with E-state index in [2.05, 4.69) is 20.5 Å². The SMILES string of the molecule is CC(=O)N1CCN(c2cc(CNC(=O)[C@]3(C)C[C@H](F)CN3)ccn2)CC1. The largest absolute Gasteiger partial charge is 0.353 e. The van der Waals surface area contributed by atoms with E-state index in [4.69, 9.17) is 0 Å². The van der Waals surface area contributed by atoms with Gasteiger partial charge in [0.05, 0.1) is 5.54 Å². The molecule has 1 aromatic heterocycles. The normalized spacial score (nSPS) is 26.0. The second-order valence-corrected chi connectivity index (χ2v) is 7.21. The van der Waals surface area contributed by atoms with Gasteiger partial charge in [-0.15, -0.1) is 0 Å². The van der Waals surface area contributed by atoms with Gasteiger partial charge in [-0.05, 0) is 24.6 Å². The van der Waals surface area contributed by atoms with Crippen molar-refractivity contribution in [3.05, 3.63) is 23.9 Å². The average Bonchev–Trinajstić information content (AvgIpc) is 3.00. The smallest absolute Gasteiger partial charge is 0.240 e. The molecular formula is C18H26FN5O2. The summed E-state index contributed by atoms with van der Waals surface area (Å²) in [6, 6.07) is 3.81. The fourth-order valence-electron chi connectivity index (χ4n) is 3.47. The van der Waals surface area contributed by atoms with Crippen LogP contribution in [-0.4, -0.2) is 66.1 Å². The molecule has 7 nitrogen and oxygen atoms in total. The van der Waals surface area contributed by atoms with Gasteiger partial charge < -0.3 is 20.4 Å². The summed E-state index contributed by atoms with van der Waals surface area (Å²) in [5.74, 6) is 0.749. The molecule has 2 aliphatic heterocycles. The topological polar surface area (TPSA) is 77.6 Å². The highest BCUT2D eigenvalue weighted by Gasteiger charge is 2.40. The maximum absolute atomic E-state index is 13.4. The number of hydrogen-bond donors (Lipinski definition) is 2. The third kappa shape index (κ3) is 4.12. The van der Waals surface area contributed by atoms with Crippen LogP contribution in [0.25, 0.3) is 0 Å². The average molecular weight is 363 g/mol. The Morgan fingerprint density at radius 3 is 2.73 bits per heavy atom. The third-order valence-electron chi connectivity index (χ3n) is 5.16. The number of aromatic nitrogens is 1. The number of nitrogens with one attached hydrogen (secondary N) is 2. The first kappa shape index (κ1) is 18.6. The maximum atomic E-state index is 13.4. The maximum Gasteiger partial charge on any atom is 0.240 e. The van der Waals surface area contributed by atoms with Gasteiger partial charge in [0.25, 0.3) is 0 Å². The van der Waals surface area contributed by atoms with Crippen LogP contribution in [0.2, 0.25) is 0 Å². The first-order valence-corrected chi connectivity index (χ1v) is 9.00. The van der Waals surface area contributed by atoms with Gasteiger partial charge >= 0.3 is 0 Å². The highest BCUT2D eigenvalue weighted by molar-refractivity contribution is 5.86. The Morgan fingerprint density at radius 2 is 2.12 bits per heavy atom. The number of carbonyl (C=O) groups is 2. The predicted molar refractivity (Wildman–Crippen MR) is 96.5 cm³/mol. The summed E-state index contributed by atoms with van der Waals surface area (Å²) in [5.41, 5.74) is 0.0916. The summed E-state index contributed by atoms with van der Waals surface area (Å²) >= 11 is 0. The van der Waals surface area contributed by atoms with Crippen molar-refractivity contribution in [2.45, 2.75) is 38.5 Å². The number of pyridine rings is 1. The molecule has 3 heterocycles. The van der Waals surface area contributed by atoms with Crippen molar-refractivity contribution < 1.29 is 14.0 Å². The van der Waals surface area contributed by atoms with Crippen LogP contribution in [0, 0.1) is 0 Å². The number of halogens is 1. The minimum absolute atomic E-state index is 0.0959. The minimum Gasteiger partial charge on any atom is -0.353 e. The Balaban J connectivity index is 1.56. The van der Waals surface area contributed by atoms with Crippen LogP contribution in [0.4, 0.5) is 10.2 Å². The molecule has 0 aromatic carbocycles. The van der Waals surface area contributed by atoms with Gasteiger partial charge in [0, 0.05) is 58.8 Å². The molecule has 2 saturated heterocycles. The summed E-state index contributed by atoms with van der Waals surface area (Å²) in [6.07, 6.45) is 0.939. The number of alkyl halides is 1. The van der Waals surface area contributed by atoms with Crippen LogP contribution in [0.1, 0.15) is 25.8 Å². The molecule has 0 unspecified atom stereocenters. The van der Waals surface area contributed by atoms with Crippen LogP contribution in [0.15, 0.2) is 18.3 Å². The number of carbonyl (C=O) groups excluding carboxylic acids is 2. The molecule has 26 heavy (non-hydrogen) atoms. The van der Waals surface area contributed by atoms with Crippen molar-refractivity contribution in [1.29, 1.82) is 0 Å². The van der Waals surface area contributed by atoms with E-state index in [9.17, 15) is 14.0 Å². The Bertz CT molecular complexity index is 677. The molecule has 2 atom stereocenters. The molecule has 142 valence electrons. The molecule has 0 saturated carbocycles. The lowest BCUT2D eigenvalue weighted by molar-refractivity contribution is -0.129. The zero-order valence-corrected chi connectivity index (χ0v) is 15.3. The van der Waals surface area contributed by atoms with Crippen molar-refractivity contribution in [3.8, 4) is 0 Å². The first-order valence-electron chi connectivity index (χ1n) is 9.00. The number of amides is 2. The number of piperazine rings is 1. The summed E-state index contributed by atoms with van der Waals surface area (Å²) in [4.78, 5) is 32.2. The molecule has 2 N–H and O–H groups in total. The van der Waals surface area contributed by atoms with Crippen molar-refractivity contribution in [2.24, 2.45) is 0 Å². The zero-order chi connectivity index (χ0) is 18.7. The Kier molecular flexibility index (Phi) is 5.41. The van der Waals surface area contributed by atoms with E-state index in [1.807, 2.05) is 17.0 Å². The fourth-order valence-corrected chi connectivity index (χ4v) is 3.47. The van der Waals surface area contributed by atoms with Crippen molar-refractivity contribution >= 4 is 17.6 Å². The van der Waals surface area contributed by atoms with Crippen molar-refractivity contribution in [1.82, 2.24) is 20.5 Å². The van der Waals surface area contributed by atoms with E-state index in [1.54, 1.807) is 20.0 Å². The van der Waals surface area contributed by atoms with Crippen LogP contribution in [0.3, 0.4) is 0 Å². The minimum atomic E-state index is -0.980. The van der Waals surface area contributed by atoms with Crippen LogP contribution in [0.5, 0.6) is 0 Å². The van der Waals surface area contributed by atoms with Gasteiger partial charge in [0.15, 0.2) is 0 Å². The number of anilines is 1. The molecule has 2 aliphatic rings. The molecule has 0 bridgehead atoms. The Morgan fingerprint density at radius 1 is 1.38 bits per heavy atom. The van der Waals surface area contributed by atoms with Crippen molar-refractivity contribution in [2.75, 3.05) is 37.6 Å². The second-order valence-electron chi connectivity index (χ2n) is 7.21. The van der Waals surface area contributed by atoms with E-state index < -0.39 is 11.7 Å². The van der Waals surface area contributed by atoms with Crippen LogP contribution in [-0.2, 0) is 16.1 Å². The lowest BCUT2D eigenvalue weighted by Crippen LogP contribution is -2.50. The molecule has 2 fully saturated rings. The van der Waals surface area contributed by atoms with E-state index >= 15 is 0 Å². The van der Waals surface area contributed by atoms with Gasteiger partial charge in [0.1, 0.15) is 12.0 Å². The number of hydrogen-bond acceptors (Lipinski definition) is 5. The standard InChI is InChI=1S/C18H26FN5O2/c1-13(25)23-5-7-24(8-6-23)16-9-14(3-4-20-16)11-21-17(26)18(2)10-15(19)12-22-18/h3-4,9,15,22H,5-8,10-12H2,1-2H3,(H,21,26)/t15-,18-/m0/s1. The highest BCUT2D eigenvalue weighted by Crippen LogP contribution is 2.22. The van der Waals surface area contributed by atoms with Crippen molar-refractivity contribution in [3.63, 3.8) is 0 Å². The molecule has 2 amide bonds. The van der Waals surface area contributed by atoms with Crippen LogP contribution < -0.4 is 15.5 Å². The molecule has 0 spiro atoms. The zero-order valence-electron chi connectivity index (χ0n) is 15.3. The van der Waals surface area contributed by atoms with E-state index in [0.717, 1.165) is 24.5 Å². The van der Waals surface area contributed by atoms with Gasteiger partial charge in [-0.1, -0.05) is 0 Å². The number of rotatable bonds is 4. The lowest BCUT2D eigenvalue weighted by atomic mass is 9.98. The summed E-state index contributed by atoms with van der Waals surface area (Å²) in [6.45, 7) is 6.76. The van der Waals surface area contributed by atoms with Gasteiger partial charge in [-0.25, -0.2) is 9.37 Å². The molecule has 3 rings (SSSR count). The molecule has 1 aromatic rings. The monoisotopic (exact) mass is 363 g/mol. The Hall–Kier alpha value is -2.22. The van der Waals surface area contributed by atoms with Gasteiger partial charge in [0.2, 0.25) is 11.8 Å². The highest BCUT2D eigenvalue weighted by atomic mass is 19.1. The molecule has 0 radical (unpaired) electrons.